The smallest absolute Gasteiger partial charge is 0.336 e. The van der Waals surface area contributed by atoms with Gasteiger partial charge in [0.15, 0.2) is 0 Å². The number of benzene rings is 2. The Hall–Kier alpha value is -3.48. The molecule has 0 aliphatic carbocycles. The van der Waals surface area contributed by atoms with Crippen molar-refractivity contribution in [3.8, 4) is 0 Å². The van der Waals surface area contributed by atoms with Crippen LogP contribution >= 0.6 is 11.6 Å². The lowest BCUT2D eigenvalue weighted by atomic mass is 9.92. The molecule has 6 nitrogen and oxygen atoms in total. The standard InChI is InChI=1S/C28H27ClN4O2/c1-4-32-14-20(27-23(16-32)26(28(34)35)21-10-6-8-12-25(21)30-27)13-22-17(2)31-33(18(22)3)15-19-9-5-7-11-24(19)29/h5-13H,4,14-16H2,1-3H3,(H,34,35)/b20-13+. The van der Waals surface area contributed by atoms with E-state index in [4.69, 9.17) is 21.7 Å². The Morgan fingerprint density at radius 3 is 2.60 bits per heavy atom. The molecule has 0 spiro atoms. The molecule has 0 saturated carbocycles. The molecule has 0 radical (unpaired) electrons. The lowest BCUT2D eigenvalue weighted by Crippen LogP contribution is -2.31. The number of halogens is 1. The Kier molecular flexibility index (Phi) is 6.17. The van der Waals surface area contributed by atoms with E-state index in [1.807, 2.05) is 60.1 Å². The molecule has 0 atom stereocenters. The number of carboxylic acids is 1. The molecule has 35 heavy (non-hydrogen) atoms. The third-order valence-corrected chi connectivity index (χ3v) is 7.14. The van der Waals surface area contributed by atoms with Crippen LogP contribution in [-0.2, 0) is 13.1 Å². The summed E-state index contributed by atoms with van der Waals surface area (Å²) < 4.78 is 1.97. The van der Waals surface area contributed by atoms with Gasteiger partial charge in [0, 0.05) is 40.3 Å². The van der Waals surface area contributed by atoms with Crippen molar-refractivity contribution in [2.75, 3.05) is 13.1 Å². The second-order valence-electron chi connectivity index (χ2n) is 8.94. The molecular weight excluding hydrogens is 460 g/mol. The number of pyridine rings is 1. The van der Waals surface area contributed by atoms with Crippen LogP contribution < -0.4 is 0 Å². The van der Waals surface area contributed by atoms with Crippen molar-refractivity contribution in [2.24, 2.45) is 0 Å². The van der Waals surface area contributed by atoms with Gasteiger partial charge in [-0.2, -0.15) is 5.10 Å². The normalized spacial score (nSPS) is 15.0. The predicted molar refractivity (Wildman–Crippen MR) is 140 cm³/mol. The number of aromatic carboxylic acids is 1. The monoisotopic (exact) mass is 486 g/mol. The zero-order valence-corrected chi connectivity index (χ0v) is 20.8. The van der Waals surface area contributed by atoms with Gasteiger partial charge in [-0.25, -0.2) is 9.78 Å². The highest BCUT2D eigenvalue weighted by Gasteiger charge is 2.28. The van der Waals surface area contributed by atoms with E-state index in [2.05, 4.69) is 24.8 Å². The number of carboxylic acid groups (broad SMARTS) is 1. The Morgan fingerprint density at radius 2 is 1.86 bits per heavy atom. The van der Waals surface area contributed by atoms with Gasteiger partial charge in [-0.05, 0) is 49.7 Å². The highest BCUT2D eigenvalue weighted by molar-refractivity contribution is 6.31. The van der Waals surface area contributed by atoms with Crippen LogP contribution in [0.5, 0.6) is 0 Å². The number of hydrogen-bond acceptors (Lipinski definition) is 4. The molecule has 0 saturated heterocycles. The van der Waals surface area contributed by atoms with E-state index in [0.717, 1.165) is 50.9 Å². The Labute approximate surface area is 209 Å². The maximum Gasteiger partial charge on any atom is 0.336 e. The molecule has 1 aliphatic rings. The SMILES string of the molecule is CCN1C/C(=C\c2c(C)nn(Cc3ccccc3Cl)c2C)c2nc3ccccc3c(C(=O)O)c2C1. The molecule has 0 amide bonds. The van der Waals surface area contributed by atoms with Gasteiger partial charge in [-0.15, -0.1) is 0 Å². The second-order valence-corrected chi connectivity index (χ2v) is 9.35. The largest absolute Gasteiger partial charge is 0.478 e. The van der Waals surface area contributed by atoms with Gasteiger partial charge >= 0.3 is 5.97 Å². The average Bonchev–Trinajstić information content (AvgIpc) is 3.11. The van der Waals surface area contributed by atoms with Crippen molar-refractivity contribution >= 4 is 40.1 Å². The van der Waals surface area contributed by atoms with Crippen LogP contribution in [0.1, 0.15) is 51.1 Å². The van der Waals surface area contributed by atoms with Crippen molar-refractivity contribution in [3.63, 3.8) is 0 Å². The molecule has 0 bridgehead atoms. The van der Waals surface area contributed by atoms with E-state index >= 15 is 0 Å². The number of hydrogen-bond donors (Lipinski definition) is 1. The minimum atomic E-state index is -0.919. The fourth-order valence-corrected chi connectivity index (χ4v) is 5.08. The molecular formula is C28H27ClN4O2. The average molecular weight is 487 g/mol. The van der Waals surface area contributed by atoms with Crippen LogP contribution in [-0.4, -0.2) is 43.8 Å². The minimum absolute atomic E-state index is 0.345. The summed E-state index contributed by atoms with van der Waals surface area (Å²) in [5, 5.41) is 16.3. The van der Waals surface area contributed by atoms with E-state index in [1.54, 1.807) is 0 Å². The van der Waals surface area contributed by atoms with E-state index in [9.17, 15) is 9.90 Å². The fraction of sp³-hybridized carbons (Fsp3) is 0.250. The van der Waals surface area contributed by atoms with Gasteiger partial charge in [0.1, 0.15) is 0 Å². The molecule has 5 rings (SSSR count). The third-order valence-electron chi connectivity index (χ3n) is 6.77. The maximum absolute atomic E-state index is 12.4. The number of nitrogens with zero attached hydrogens (tertiary/aromatic N) is 4. The molecule has 2 aromatic carbocycles. The van der Waals surface area contributed by atoms with Crippen LogP contribution in [0.2, 0.25) is 5.02 Å². The van der Waals surface area contributed by atoms with Crippen LogP contribution in [0.3, 0.4) is 0 Å². The van der Waals surface area contributed by atoms with Crippen molar-refractivity contribution in [3.05, 3.63) is 92.9 Å². The van der Waals surface area contributed by atoms with E-state index < -0.39 is 5.97 Å². The summed E-state index contributed by atoms with van der Waals surface area (Å²) in [5.41, 5.74) is 7.57. The summed E-state index contributed by atoms with van der Waals surface area (Å²) >= 11 is 6.39. The molecule has 0 fully saturated rings. The summed E-state index contributed by atoms with van der Waals surface area (Å²) in [7, 11) is 0. The van der Waals surface area contributed by atoms with Crippen molar-refractivity contribution in [1.29, 1.82) is 0 Å². The summed E-state index contributed by atoms with van der Waals surface area (Å²) in [4.78, 5) is 19.6. The molecule has 2 aromatic heterocycles. The number of aryl methyl sites for hydroxylation is 1. The number of rotatable bonds is 5. The zero-order chi connectivity index (χ0) is 24.7. The van der Waals surface area contributed by atoms with Gasteiger partial charge in [-0.1, -0.05) is 54.9 Å². The summed E-state index contributed by atoms with van der Waals surface area (Å²) in [5.74, 6) is -0.919. The fourth-order valence-electron chi connectivity index (χ4n) is 4.88. The molecule has 1 aliphatic heterocycles. The van der Waals surface area contributed by atoms with Gasteiger partial charge in [-0.3, -0.25) is 9.58 Å². The van der Waals surface area contributed by atoms with Crippen LogP contribution in [0.4, 0.5) is 0 Å². The molecule has 1 N–H and O–H groups in total. The number of carbonyl (C=O) groups is 1. The van der Waals surface area contributed by atoms with Crippen molar-refractivity contribution < 1.29 is 9.90 Å². The Balaban J connectivity index is 1.66. The van der Waals surface area contributed by atoms with Gasteiger partial charge in [0.05, 0.1) is 29.0 Å². The summed E-state index contributed by atoms with van der Waals surface area (Å²) in [6.45, 7) is 8.80. The van der Waals surface area contributed by atoms with Crippen molar-refractivity contribution in [1.82, 2.24) is 19.7 Å². The first-order chi connectivity index (χ1) is 16.9. The summed E-state index contributed by atoms with van der Waals surface area (Å²) in [6, 6.07) is 15.3. The number of fused-ring (bicyclic) bond motifs is 2. The quantitative estimate of drug-likeness (QED) is 0.384. The first-order valence-corrected chi connectivity index (χ1v) is 12.1. The number of likely N-dealkylation sites (N-methyl/N-ethyl adjacent to an activating group) is 1. The lowest BCUT2D eigenvalue weighted by molar-refractivity contribution is 0.0696. The first kappa shape index (κ1) is 23.3. The molecule has 4 aromatic rings. The second kappa shape index (κ2) is 9.29. The molecule has 0 unspecified atom stereocenters. The highest BCUT2D eigenvalue weighted by atomic mass is 35.5. The number of aromatic nitrogens is 3. The summed E-state index contributed by atoms with van der Waals surface area (Å²) in [6.07, 6.45) is 2.13. The van der Waals surface area contributed by atoms with Gasteiger partial charge in [0.2, 0.25) is 0 Å². The minimum Gasteiger partial charge on any atom is -0.478 e. The Bertz CT molecular complexity index is 1490. The van der Waals surface area contributed by atoms with E-state index in [1.165, 1.54) is 0 Å². The molecule has 3 heterocycles. The lowest BCUT2D eigenvalue weighted by Gasteiger charge is -2.30. The van der Waals surface area contributed by atoms with Crippen LogP contribution in [0, 0.1) is 13.8 Å². The zero-order valence-electron chi connectivity index (χ0n) is 20.0. The van der Waals surface area contributed by atoms with E-state index in [0.29, 0.717) is 36.1 Å². The van der Waals surface area contributed by atoms with Gasteiger partial charge < -0.3 is 5.11 Å². The third kappa shape index (κ3) is 4.24. The topological polar surface area (TPSA) is 71.2 Å². The molecule has 178 valence electrons. The maximum atomic E-state index is 12.4. The van der Waals surface area contributed by atoms with Gasteiger partial charge in [0.25, 0.3) is 0 Å². The van der Waals surface area contributed by atoms with Crippen LogP contribution in [0.25, 0.3) is 22.6 Å². The van der Waals surface area contributed by atoms with E-state index in [-0.39, 0.29) is 0 Å². The number of para-hydroxylation sites is 1. The Morgan fingerprint density at radius 1 is 1.11 bits per heavy atom. The molecule has 7 heteroatoms. The first-order valence-electron chi connectivity index (χ1n) is 11.7. The van der Waals surface area contributed by atoms with Crippen LogP contribution in [0.15, 0.2) is 48.5 Å². The highest BCUT2D eigenvalue weighted by Crippen LogP contribution is 2.34. The predicted octanol–water partition coefficient (Wildman–Crippen LogP) is 5.82. The van der Waals surface area contributed by atoms with Crippen molar-refractivity contribution in [2.45, 2.75) is 33.9 Å².